The van der Waals surface area contributed by atoms with Gasteiger partial charge in [-0.1, -0.05) is 36.4 Å². The second-order valence-corrected chi connectivity index (χ2v) is 8.09. The first kappa shape index (κ1) is 19.8. The number of carbonyl (C=O) groups is 1. The molecular weight excluding hydrogens is 362 g/mol. The summed E-state index contributed by atoms with van der Waals surface area (Å²) in [5, 5.41) is 3.11. The highest BCUT2D eigenvalue weighted by Gasteiger charge is 2.20. The third-order valence-corrected chi connectivity index (χ3v) is 5.78. The summed E-state index contributed by atoms with van der Waals surface area (Å²) in [5.74, 6) is 1.09. The lowest BCUT2D eigenvalue weighted by atomic mass is 10.0. The largest absolute Gasteiger partial charge is 0.489 e. The van der Waals surface area contributed by atoms with E-state index in [2.05, 4.69) is 52.4 Å². The zero-order valence-electron chi connectivity index (χ0n) is 17.3. The zero-order valence-corrected chi connectivity index (χ0v) is 17.3. The van der Waals surface area contributed by atoms with Gasteiger partial charge in [-0.2, -0.15) is 0 Å². The highest BCUT2D eigenvalue weighted by Crippen LogP contribution is 2.26. The summed E-state index contributed by atoms with van der Waals surface area (Å²) >= 11 is 0. The summed E-state index contributed by atoms with van der Waals surface area (Å²) in [7, 11) is 0. The minimum atomic E-state index is 0.126. The maximum absolute atomic E-state index is 12.4. The van der Waals surface area contributed by atoms with Crippen molar-refractivity contribution in [2.24, 2.45) is 0 Å². The van der Waals surface area contributed by atoms with Gasteiger partial charge in [0.05, 0.1) is 0 Å². The van der Waals surface area contributed by atoms with Crippen molar-refractivity contribution >= 4 is 11.6 Å². The van der Waals surface area contributed by atoms with Gasteiger partial charge in [-0.05, 0) is 37.5 Å². The molecule has 2 aromatic rings. The number of carbonyl (C=O) groups excluding carboxylic acids is 1. The van der Waals surface area contributed by atoms with Crippen LogP contribution < -0.4 is 15.0 Å². The van der Waals surface area contributed by atoms with E-state index in [1.165, 1.54) is 23.2 Å². The van der Waals surface area contributed by atoms with Crippen molar-refractivity contribution in [2.45, 2.75) is 38.8 Å². The van der Waals surface area contributed by atoms with Gasteiger partial charge in [0.1, 0.15) is 11.9 Å². The maximum Gasteiger partial charge on any atom is 0.221 e. The Kier molecular flexibility index (Phi) is 6.35. The molecule has 4 rings (SSSR count). The monoisotopic (exact) mass is 393 g/mol. The van der Waals surface area contributed by atoms with Gasteiger partial charge >= 0.3 is 0 Å². The number of amides is 1. The molecule has 2 aliphatic rings. The summed E-state index contributed by atoms with van der Waals surface area (Å²) in [6, 6.07) is 16.8. The van der Waals surface area contributed by atoms with Crippen LogP contribution in [0.1, 0.15) is 30.9 Å². The van der Waals surface area contributed by atoms with Crippen LogP contribution in [-0.4, -0.2) is 49.6 Å². The van der Waals surface area contributed by atoms with E-state index in [9.17, 15) is 4.79 Å². The smallest absolute Gasteiger partial charge is 0.221 e. The topological polar surface area (TPSA) is 44.8 Å². The van der Waals surface area contributed by atoms with E-state index in [0.717, 1.165) is 44.9 Å². The van der Waals surface area contributed by atoms with Gasteiger partial charge in [-0.3, -0.25) is 9.69 Å². The number of para-hydroxylation sites is 2. The molecule has 5 nitrogen and oxygen atoms in total. The molecule has 2 aliphatic heterocycles. The highest BCUT2D eigenvalue weighted by molar-refractivity contribution is 5.76. The van der Waals surface area contributed by atoms with Crippen LogP contribution in [0.4, 0.5) is 5.69 Å². The van der Waals surface area contributed by atoms with Crippen LogP contribution in [0, 0.1) is 0 Å². The number of nitrogens with zero attached hydrogens (tertiary/aromatic N) is 2. The lowest BCUT2D eigenvalue weighted by Crippen LogP contribution is -2.39. The second-order valence-electron chi connectivity index (χ2n) is 8.09. The summed E-state index contributed by atoms with van der Waals surface area (Å²) in [5.41, 5.74) is 3.94. The molecule has 0 fully saturated rings. The van der Waals surface area contributed by atoms with Crippen molar-refractivity contribution in [3.63, 3.8) is 0 Å². The second kappa shape index (κ2) is 9.31. The van der Waals surface area contributed by atoms with Crippen molar-refractivity contribution in [1.82, 2.24) is 10.2 Å². The average Bonchev–Trinajstić information content (AvgIpc) is 2.90. The van der Waals surface area contributed by atoms with Crippen LogP contribution in [0.25, 0.3) is 0 Å². The normalized spacial score (nSPS) is 18.9. The fraction of sp³-hybridized carbons (Fsp3) is 0.458. The molecule has 29 heavy (non-hydrogen) atoms. The van der Waals surface area contributed by atoms with E-state index in [-0.39, 0.29) is 12.0 Å². The van der Waals surface area contributed by atoms with Crippen LogP contribution in [0.3, 0.4) is 0 Å². The van der Waals surface area contributed by atoms with Crippen LogP contribution in [0.15, 0.2) is 48.5 Å². The highest BCUT2D eigenvalue weighted by atomic mass is 16.5. The van der Waals surface area contributed by atoms with Gasteiger partial charge < -0.3 is 15.0 Å². The molecule has 0 bridgehead atoms. The molecule has 0 radical (unpaired) electrons. The maximum atomic E-state index is 12.4. The molecule has 1 atom stereocenters. The average molecular weight is 394 g/mol. The number of hydrogen-bond donors (Lipinski definition) is 1. The van der Waals surface area contributed by atoms with Gasteiger partial charge in [0, 0.05) is 56.9 Å². The first-order valence-electron chi connectivity index (χ1n) is 10.8. The van der Waals surface area contributed by atoms with E-state index in [4.69, 9.17) is 4.74 Å². The van der Waals surface area contributed by atoms with Crippen LogP contribution >= 0.6 is 0 Å². The third kappa shape index (κ3) is 5.10. The van der Waals surface area contributed by atoms with Gasteiger partial charge in [-0.25, -0.2) is 0 Å². The fourth-order valence-electron chi connectivity index (χ4n) is 4.36. The molecule has 1 amide bonds. The Morgan fingerprint density at radius 1 is 1.10 bits per heavy atom. The van der Waals surface area contributed by atoms with E-state index in [1.807, 2.05) is 18.2 Å². The van der Waals surface area contributed by atoms with Crippen molar-refractivity contribution in [3.8, 4) is 5.75 Å². The summed E-state index contributed by atoms with van der Waals surface area (Å²) in [4.78, 5) is 17.1. The molecule has 5 heteroatoms. The molecule has 2 heterocycles. The Morgan fingerprint density at radius 2 is 1.90 bits per heavy atom. The number of benzene rings is 2. The van der Waals surface area contributed by atoms with Crippen LogP contribution in [0.5, 0.6) is 5.75 Å². The Balaban J connectivity index is 1.23. The van der Waals surface area contributed by atoms with Crippen LogP contribution in [0.2, 0.25) is 0 Å². The zero-order chi connectivity index (χ0) is 20.1. The molecular formula is C24H31N3O2. The molecule has 0 aliphatic carbocycles. The first-order valence-corrected chi connectivity index (χ1v) is 10.8. The Bertz CT molecular complexity index is 838. The minimum Gasteiger partial charge on any atom is -0.489 e. The number of aryl methyl sites for hydroxylation is 1. The van der Waals surface area contributed by atoms with E-state index in [0.29, 0.717) is 13.0 Å². The molecule has 2 aromatic carbocycles. The molecule has 1 N–H and O–H groups in total. The van der Waals surface area contributed by atoms with E-state index in [1.54, 1.807) is 0 Å². The van der Waals surface area contributed by atoms with E-state index >= 15 is 0 Å². The predicted molar refractivity (Wildman–Crippen MR) is 116 cm³/mol. The van der Waals surface area contributed by atoms with Crippen molar-refractivity contribution in [2.75, 3.05) is 37.6 Å². The van der Waals surface area contributed by atoms with Gasteiger partial charge in [0.2, 0.25) is 5.91 Å². The first-order chi connectivity index (χ1) is 14.2. The van der Waals surface area contributed by atoms with Crippen LogP contribution in [-0.2, 0) is 17.8 Å². The minimum absolute atomic E-state index is 0.126. The van der Waals surface area contributed by atoms with Crippen molar-refractivity contribution in [3.05, 3.63) is 59.7 Å². The van der Waals surface area contributed by atoms with Gasteiger partial charge in [0.15, 0.2) is 0 Å². The molecule has 1 unspecified atom stereocenters. The lowest BCUT2D eigenvalue weighted by Gasteiger charge is -2.31. The SMILES string of the molecule is CC1CN(CCC(=O)NCCN2CCCc3ccccc32)Cc2ccccc2O1. The third-order valence-electron chi connectivity index (χ3n) is 5.78. The lowest BCUT2D eigenvalue weighted by molar-refractivity contribution is -0.121. The Labute approximate surface area is 173 Å². The summed E-state index contributed by atoms with van der Waals surface area (Å²) < 4.78 is 6.01. The predicted octanol–water partition coefficient (Wildman–Crippen LogP) is 3.23. The van der Waals surface area contributed by atoms with Crippen molar-refractivity contribution in [1.29, 1.82) is 0 Å². The Morgan fingerprint density at radius 3 is 2.79 bits per heavy atom. The summed E-state index contributed by atoms with van der Waals surface area (Å²) in [6.07, 6.45) is 2.98. The quantitative estimate of drug-likeness (QED) is 0.818. The molecule has 0 saturated carbocycles. The van der Waals surface area contributed by atoms with Crippen molar-refractivity contribution < 1.29 is 9.53 Å². The van der Waals surface area contributed by atoms with Gasteiger partial charge in [0.25, 0.3) is 0 Å². The molecule has 0 saturated heterocycles. The fourth-order valence-corrected chi connectivity index (χ4v) is 4.36. The van der Waals surface area contributed by atoms with Gasteiger partial charge in [-0.15, -0.1) is 0 Å². The number of nitrogens with one attached hydrogen (secondary N) is 1. The number of fused-ring (bicyclic) bond motifs is 2. The van der Waals surface area contributed by atoms with E-state index < -0.39 is 0 Å². The number of rotatable bonds is 6. The molecule has 154 valence electrons. The summed E-state index contributed by atoms with van der Waals surface area (Å²) in [6.45, 7) is 7.13. The number of hydrogen-bond acceptors (Lipinski definition) is 4. The molecule has 0 aromatic heterocycles. The standard InChI is InChI=1S/C24H31N3O2/c1-19-17-26(18-21-8-3-5-11-23(21)29-19)15-12-24(28)25-13-16-27-14-6-9-20-7-2-4-10-22(20)27/h2-5,7-8,10-11,19H,6,9,12-18H2,1H3,(H,25,28). The number of ether oxygens (including phenoxy) is 1. The molecule has 0 spiro atoms. The number of anilines is 1. The Hall–Kier alpha value is -2.53.